The highest BCUT2D eigenvalue weighted by Gasteiger charge is 2.47. The molecule has 3 unspecified atom stereocenters. The smallest absolute Gasteiger partial charge is 0.226 e. The molecule has 96 valence electrons. The van der Waals surface area contributed by atoms with Crippen molar-refractivity contribution < 1.29 is 9.90 Å². The molecule has 1 N–H and O–H groups in total. The second-order valence-electron chi connectivity index (χ2n) is 5.37. The van der Waals surface area contributed by atoms with Crippen LogP contribution in [0.15, 0.2) is 30.3 Å². The Morgan fingerprint density at radius 3 is 2.83 bits per heavy atom. The maximum absolute atomic E-state index is 12.4. The Hall–Kier alpha value is -1.35. The molecular formula is C15H19NO2. The number of likely N-dealkylation sites (tertiary alicyclic amines) is 1. The van der Waals surface area contributed by atoms with Gasteiger partial charge < -0.3 is 10.0 Å². The first-order valence-corrected chi connectivity index (χ1v) is 6.77. The second kappa shape index (κ2) is 4.73. The molecule has 1 aliphatic heterocycles. The van der Waals surface area contributed by atoms with Gasteiger partial charge in [0.2, 0.25) is 5.91 Å². The van der Waals surface area contributed by atoms with Gasteiger partial charge in [0, 0.05) is 12.5 Å². The number of carbonyl (C=O) groups is 1. The molecule has 0 radical (unpaired) electrons. The monoisotopic (exact) mass is 245 g/mol. The number of aliphatic hydroxyl groups excluding tert-OH is 1. The Balaban J connectivity index is 1.66. The van der Waals surface area contributed by atoms with Gasteiger partial charge in [-0.25, -0.2) is 0 Å². The Bertz CT molecular complexity index is 431. The number of hydrogen-bond donors (Lipinski definition) is 1. The maximum Gasteiger partial charge on any atom is 0.226 e. The van der Waals surface area contributed by atoms with E-state index in [4.69, 9.17) is 0 Å². The molecule has 1 aromatic rings. The summed E-state index contributed by atoms with van der Waals surface area (Å²) >= 11 is 0. The third-order valence-corrected chi connectivity index (χ3v) is 4.21. The third-order valence-electron chi connectivity index (χ3n) is 4.21. The molecule has 1 heterocycles. The number of benzene rings is 1. The Morgan fingerprint density at radius 1 is 1.33 bits per heavy atom. The van der Waals surface area contributed by atoms with Gasteiger partial charge in [-0.2, -0.15) is 0 Å². The predicted molar refractivity (Wildman–Crippen MR) is 69.1 cm³/mol. The number of aliphatic hydroxyl groups is 1. The molecule has 3 heteroatoms. The lowest BCUT2D eigenvalue weighted by Gasteiger charge is -2.23. The van der Waals surface area contributed by atoms with Gasteiger partial charge >= 0.3 is 0 Å². The minimum Gasteiger partial charge on any atom is -0.394 e. The van der Waals surface area contributed by atoms with Crippen molar-refractivity contribution in [1.82, 2.24) is 4.90 Å². The van der Waals surface area contributed by atoms with Gasteiger partial charge in [-0.1, -0.05) is 30.3 Å². The Morgan fingerprint density at radius 2 is 2.11 bits per heavy atom. The van der Waals surface area contributed by atoms with E-state index < -0.39 is 0 Å². The van der Waals surface area contributed by atoms with Crippen LogP contribution in [0.25, 0.3) is 0 Å². The van der Waals surface area contributed by atoms with E-state index in [9.17, 15) is 9.90 Å². The molecule has 1 aliphatic carbocycles. The number of hydrogen-bond acceptors (Lipinski definition) is 2. The molecule has 3 nitrogen and oxygen atoms in total. The van der Waals surface area contributed by atoms with Crippen LogP contribution in [-0.2, 0) is 4.79 Å². The molecule has 1 saturated heterocycles. The molecular weight excluding hydrogens is 226 g/mol. The van der Waals surface area contributed by atoms with E-state index in [0.717, 1.165) is 25.8 Å². The SMILES string of the molecule is O=C(C1CC1c1ccccc1)N1CCCC1CO. The third kappa shape index (κ3) is 2.03. The zero-order chi connectivity index (χ0) is 12.5. The summed E-state index contributed by atoms with van der Waals surface area (Å²) in [6.45, 7) is 0.927. The summed E-state index contributed by atoms with van der Waals surface area (Å²) in [7, 11) is 0. The van der Waals surface area contributed by atoms with E-state index in [-0.39, 0.29) is 24.5 Å². The molecule has 2 aliphatic rings. The van der Waals surface area contributed by atoms with Gasteiger partial charge in [0.05, 0.1) is 12.6 Å². The van der Waals surface area contributed by atoms with Gasteiger partial charge in [0.25, 0.3) is 0 Å². The standard InChI is InChI=1S/C15H19NO2/c17-10-12-7-4-8-16(12)15(18)14-9-13(14)11-5-2-1-3-6-11/h1-3,5-6,12-14,17H,4,7-10H2. The molecule has 2 fully saturated rings. The van der Waals surface area contributed by atoms with Gasteiger partial charge in [-0.05, 0) is 30.7 Å². The molecule has 0 bridgehead atoms. The van der Waals surface area contributed by atoms with Crippen molar-refractivity contribution >= 4 is 5.91 Å². The number of rotatable bonds is 3. The molecule has 1 aromatic carbocycles. The molecule has 3 rings (SSSR count). The fraction of sp³-hybridized carbons (Fsp3) is 0.533. The topological polar surface area (TPSA) is 40.5 Å². The number of carbonyl (C=O) groups excluding carboxylic acids is 1. The minimum atomic E-state index is 0.0644. The van der Waals surface area contributed by atoms with Crippen molar-refractivity contribution in [3.63, 3.8) is 0 Å². The largest absolute Gasteiger partial charge is 0.394 e. The molecule has 18 heavy (non-hydrogen) atoms. The lowest BCUT2D eigenvalue weighted by molar-refractivity contribution is -0.134. The van der Waals surface area contributed by atoms with Crippen LogP contribution in [-0.4, -0.2) is 35.1 Å². The van der Waals surface area contributed by atoms with Crippen LogP contribution in [0.2, 0.25) is 0 Å². The van der Waals surface area contributed by atoms with Gasteiger partial charge in [-0.3, -0.25) is 4.79 Å². The molecule has 0 spiro atoms. The van der Waals surface area contributed by atoms with Gasteiger partial charge in [0.15, 0.2) is 0 Å². The van der Waals surface area contributed by atoms with Gasteiger partial charge in [-0.15, -0.1) is 0 Å². The van der Waals surface area contributed by atoms with E-state index in [1.165, 1.54) is 5.56 Å². The maximum atomic E-state index is 12.4. The summed E-state index contributed by atoms with van der Waals surface area (Å²) in [5, 5.41) is 9.28. The average Bonchev–Trinajstić information content (AvgIpc) is 3.08. The lowest BCUT2D eigenvalue weighted by atomic mass is 10.1. The lowest BCUT2D eigenvalue weighted by Crippen LogP contribution is -2.38. The summed E-state index contributed by atoms with van der Waals surface area (Å²) < 4.78 is 0. The van der Waals surface area contributed by atoms with Crippen LogP contribution in [0.1, 0.15) is 30.7 Å². The second-order valence-corrected chi connectivity index (χ2v) is 5.37. The Kier molecular flexibility index (Phi) is 3.08. The van der Waals surface area contributed by atoms with Crippen LogP contribution in [0.4, 0.5) is 0 Å². The minimum absolute atomic E-state index is 0.0644. The summed E-state index contributed by atoms with van der Waals surface area (Å²) in [6.07, 6.45) is 2.95. The highest BCUT2D eigenvalue weighted by atomic mass is 16.3. The van der Waals surface area contributed by atoms with E-state index in [2.05, 4.69) is 12.1 Å². The van der Waals surface area contributed by atoms with Crippen LogP contribution in [0, 0.1) is 5.92 Å². The fourth-order valence-electron chi connectivity index (χ4n) is 3.07. The van der Waals surface area contributed by atoms with Crippen molar-refractivity contribution in [2.75, 3.05) is 13.2 Å². The van der Waals surface area contributed by atoms with Gasteiger partial charge in [0.1, 0.15) is 0 Å². The first-order valence-electron chi connectivity index (χ1n) is 6.77. The van der Waals surface area contributed by atoms with Crippen LogP contribution in [0.3, 0.4) is 0 Å². The molecule has 1 saturated carbocycles. The van der Waals surface area contributed by atoms with E-state index in [1.807, 2.05) is 23.1 Å². The fourth-order valence-corrected chi connectivity index (χ4v) is 3.07. The predicted octanol–water partition coefficient (Wildman–Crippen LogP) is 1.77. The molecule has 3 atom stereocenters. The van der Waals surface area contributed by atoms with E-state index >= 15 is 0 Å². The van der Waals surface area contributed by atoms with Crippen molar-refractivity contribution in [3.8, 4) is 0 Å². The van der Waals surface area contributed by atoms with Crippen molar-refractivity contribution in [3.05, 3.63) is 35.9 Å². The molecule has 0 aromatic heterocycles. The van der Waals surface area contributed by atoms with Crippen molar-refractivity contribution in [2.45, 2.75) is 31.2 Å². The Labute approximate surface area is 107 Å². The summed E-state index contributed by atoms with van der Waals surface area (Å²) in [4.78, 5) is 14.3. The first kappa shape index (κ1) is 11.7. The normalized spacial score (nSPS) is 30.5. The number of nitrogens with zero attached hydrogens (tertiary/aromatic N) is 1. The quantitative estimate of drug-likeness (QED) is 0.881. The van der Waals surface area contributed by atoms with Crippen LogP contribution >= 0.6 is 0 Å². The first-order chi connectivity index (χ1) is 8.81. The van der Waals surface area contributed by atoms with Crippen molar-refractivity contribution in [1.29, 1.82) is 0 Å². The van der Waals surface area contributed by atoms with Crippen LogP contribution in [0.5, 0.6) is 0 Å². The average molecular weight is 245 g/mol. The number of amides is 1. The highest BCUT2D eigenvalue weighted by molar-refractivity contribution is 5.83. The van der Waals surface area contributed by atoms with Crippen LogP contribution < -0.4 is 0 Å². The van der Waals surface area contributed by atoms with Crippen molar-refractivity contribution in [2.24, 2.45) is 5.92 Å². The summed E-state index contributed by atoms with van der Waals surface area (Å²) in [6, 6.07) is 10.3. The zero-order valence-corrected chi connectivity index (χ0v) is 10.5. The summed E-state index contributed by atoms with van der Waals surface area (Å²) in [5.41, 5.74) is 1.27. The van der Waals surface area contributed by atoms with E-state index in [1.54, 1.807) is 0 Å². The van der Waals surface area contributed by atoms with E-state index in [0.29, 0.717) is 5.92 Å². The highest BCUT2D eigenvalue weighted by Crippen LogP contribution is 2.49. The zero-order valence-electron chi connectivity index (χ0n) is 10.5. The summed E-state index contributed by atoms with van der Waals surface area (Å²) in [5.74, 6) is 0.804. The molecule has 1 amide bonds.